The van der Waals surface area contributed by atoms with Crippen molar-refractivity contribution in [2.24, 2.45) is 0 Å². The molecule has 0 bridgehead atoms. The molecule has 0 unspecified atom stereocenters. The Balaban J connectivity index is 1.92. The van der Waals surface area contributed by atoms with Crippen LogP contribution in [0.15, 0.2) is 61.2 Å². The zero-order valence-electron chi connectivity index (χ0n) is 13.0. The van der Waals surface area contributed by atoms with Crippen molar-refractivity contribution in [3.05, 3.63) is 77.9 Å². The second-order valence-electron chi connectivity index (χ2n) is 4.84. The van der Waals surface area contributed by atoms with Gasteiger partial charge in [-0.1, -0.05) is 49.0 Å². The van der Waals surface area contributed by atoms with Gasteiger partial charge in [-0.05, 0) is 30.2 Å². The van der Waals surface area contributed by atoms with Crippen LogP contribution in [0.2, 0.25) is 0 Å². The number of hydrogen-bond donors (Lipinski definition) is 0. The molecule has 23 heavy (non-hydrogen) atoms. The number of hydrogen-bond acceptors (Lipinski definition) is 4. The van der Waals surface area contributed by atoms with Crippen LogP contribution < -0.4 is 0 Å². The van der Waals surface area contributed by atoms with Gasteiger partial charge in [-0.2, -0.15) is 0 Å². The smallest absolute Gasteiger partial charge is 0.338 e. The molecule has 0 spiro atoms. The van der Waals surface area contributed by atoms with Crippen molar-refractivity contribution in [1.29, 1.82) is 0 Å². The molecule has 0 saturated heterocycles. The molecule has 2 aromatic rings. The summed E-state index contributed by atoms with van der Waals surface area (Å²) in [7, 11) is 0. The lowest BCUT2D eigenvalue weighted by Gasteiger charge is -2.08. The molecule has 0 fully saturated rings. The standard InChI is InChI=1S/C19H18O4/c1-3-22-19(21)17-11-9-15(10-12-17)13-23-18(20)14(2)16-7-5-4-6-8-16/h4-12H,2-3,13H2,1H3. The van der Waals surface area contributed by atoms with E-state index in [0.717, 1.165) is 11.1 Å². The average Bonchev–Trinajstić information content (AvgIpc) is 2.60. The zero-order valence-corrected chi connectivity index (χ0v) is 13.0. The van der Waals surface area contributed by atoms with Crippen LogP contribution in [-0.4, -0.2) is 18.5 Å². The molecular weight excluding hydrogens is 292 g/mol. The molecule has 4 nitrogen and oxygen atoms in total. The Morgan fingerprint density at radius 3 is 2.17 bits per heavy atom. The molecule has 0 radical (unpaired) electrons. The first-order valence-electron chi connectivity index (χ1n) is 7.29. The maximum Gasteiger partial charge on any atom is 0.338 e. The molecule has 2 aromatic carbocycles. The zero-order chi connectivity index (χ0) is 16.7. The summed E-state index contributed by atoms with van der Waals surface area (Å²) in [6.45, 7) is 5.97. The third kappa shape index (κ3) is 4.54. The molecule has 0 amide bonds. The van der Waals surface area contributed by atoms with Gasteiger partial charge in [-0.3, -0.25) is 0 Å². The van der Waals surface area contributed by atoms with Crippen LogP contribution in [0.4, 0.5) is 0 Å². The largest absolute Gasteiger partial charge is 0.462 e. The van der Waals surface area contributed by atoms with E-state index in [1.54, 1.807) is 43.3 Å². The Morgan fingerprint density at radius 1 is 0.913 bits per heavy atom. The number of ether oxygens (including phenoxy) is 2. The van der Waals surface area contributed by atoms with Crippen LogP contribution in [-0.2, 0) is 20.9 Å². The van der Waals surface area contributed by atoms with E-state index in [1.165, 1.54) is 0 Å². The molecule has 0 saturated carbocycles. The summed E-state index contributed by atoms with van der Waals surface area (Å²) in [6, 6.07) is 15.9. The highest BCUT2D eigenvalue weighted by Gasteiger charge is 2.11. The molecular formula is C19H18O4. The molecule has 2 rings (SSSR count). The lowest BCUT2D eigenvalue weighted by molar-refractivity contribution is -0.137. The molecule has 118 valence electrons. The summed E-state index contributed by atoms with van der Waals surface area (Å²) in [6.07, 6.45) is 0. The van der Waals surface area contributed by atoms with Gasteiger partial charge in [0.05, 0.1) is 17.7 Å². The van der Waals surface area contributed by atoms with Gasteiger partial charge in [0, 0.05) is 0 Å². The highest BCUT2D eigenvalue weighted by molar-refractivity contribution is 6.15. The maximum absolute atomic E-state index is 12.0. The molecule has 0 aliphatic rings. The summed E-state index contributed by atoms with van der Waals surface area (Å²) in [5.74, 6) is -0.834. The number of esters is 2. The normalized spacial score (nSPS) is 9.96. The van der Waals surface area contributed by atoms with Gasteiger partial charge in [0.25, 0.3) is 0 Å². The molecule has 0 atom stereocenters. The van der Waals surface area contributed by atoms with Gasteiger partial charge in [-0.15, -0.1) is 0 Å². The highest BCUT2D eigenvalue weighted by Crippen LogP contribution is 2.15. The van der Waals surface area contributed by atoms with Crippen LogP contribution in [0.25, 0.3) is 5.57 Å². The van der Waals surface area contributed by atoms with E-state index in [-0.39, 0.29) is 12.6 Å². The SMILES string of the molecule is C=C(C(=O)OCc1ccc(C(=O)OCC)cc1)c1ccccc1. The maximum atomic E-state index is 12.0. The second kappa shape index (κ2) is 7.94. The molecule has 0 aromatic heterocycles. The van der Waals surface area contributed by atoms with Crippen LogP contribution in [0.1, 0.15) is 28.4 Å². The van der Waals surface area contributed by atoms with Crippen molar-refractivity contribution in [3.63, 3.8) is 0 Å². The first-order valence-corrected chi connectivity index (χ1v) is 7.29. The average molecular weight is 310 g/mol. The van der Waals surface area contributed by atoms with Gasteiger partial charge in [-0.25, -0.2) is 9.59 Å². The number of rotatable bonds is 6. The van der Waals surface area contributed by atoms with Crippen molar-refractivity contribution >= 4 is 17.5 Å². The molecule has 0 aliphatic heterocycles. The lowest BCUT2D eigenvalue weighted by atomic mass is 10.1. The highest BCUT2D eigenvalue weighted by atomic mass is 16.5. The van der Waals surface area contributed by atoms with E-state index in [9.17, 15) is 9.59 Å². The van der Waals surface area contributed by atoms with E-state index in [4.69, 9.17) is 9.47 Å². The Kier molecular flexibility index (Phi) is 5.69. The first-order chi connectivity index (χ1) is 11.1. The van der Waals surface area contributed by atoms with E-state index in [1.807, 2.05) is 18.2 Å². The van der Waals surface area contributed by atoms with Crippen molar-refractivity contribution in [2.45, 2.75) is 13.5 Å². The quantitative estimate of drug-likeness (QED) is 0.604. The van der Waals surface area contributed by atoms with Crippen molar-refractivity contribution < 1.29 is 19.1 Å². The van der Waals surface area contributed by atoms with E-state index in [0.29, 0.717) is 17.7 Å². The summed E-state index contributed by atoms with van der Waals surface area (Å²) < 4.78 is 10.1. The third-order valence-corrected chi connectivity index (χ3v) is 3.20. The predicted molar refractivity (Wildman–Crippen MR) is 87.7 cm³/mol. The number of carbonyl (C=O) groups is 2. The van der Waals surface area contributed by atoms with Gasteiger partial charge in [0.1, 0.15) is 6.61 Å². The summed E-state index contributed by atoms with van der Waals surface area (Å²) in [4.78, 5) is 23.5. The van der Waals surface area contributed by atoms with Crippen LogP contribution in [0.3, 0.4) is 0 Å². The van der Waals surface area contributed by atoms with Crippen molar-refractivity contribution in [2.75, 3.05) is 6.61 Å². The minimum Gasteiger partial charge on any atom is -0.462 e. The molecule has 0 heterocycles. The first kappa shape index (κ1) is 16.5. The van der Waals surface area contributed by atoms with Gasteiger partial charge in [0.2, 0.25) is 0 Å². The monoisotopic (exact) mass is 310 g/mol. The van der Waals surface area contributed by atoms with Crippen LogP contribution in [0, 0.1) is 0 Å². The predicted octanol–water partition coefficient (Wildman–Crippen LogP) is 3.62. The molecule has 0 aliphatic carbocycles. The van der Waals surface area contributed by atoms with Crippen LogP contribution >= 0.6 is 0 Å². The van der Waals surface area contributed by atoms with Crippen molar-refractivity contribution in [3.8, 4) is 0 Å². The number of benzene rings is 2. The Morgan fingerprint density at radius 2 is 1.57 bits per heavy atom. The fourth-order valence-corrected chi connectivity index (χ4v) is 1.94. The minimum absolute atomic E-state index is 0.119. The number of carbonyl (C=O) groups excluding carboxylic acids is 2. The summed E-state index contributed by atoms with van der Waals surface area (Å²) in [5, 5.41) is 0. The summed E-state index contributed by atoms with van der Waals surface area (Å²) >= 11 is 0. The van der Waals surface area contributed by atoms with E-state index in [2.05, 4.69) is 6.58 Å². The van der Waals surface area contributed by atoms with Crippen LogP contribution in [0.5, 0.6) is 0 Å². The Labute approximate surface area is 135 Å². The summed E-state index contributed by atoms with van der Waals surface area (Å²) in [5.41, 5.74) is 2.30. The minimum atomic E-state index is -0.467. The lowest BCUT2D eigenvalue weighted by Crippen LogP contribution is -2.07. The van der Waals surface area contributed by atoms with Gasteiger partial charge < -0.3 is 9.47 Å². The van der Waals surface area contributed by atoms with Crippen molar-refractivity contribution in [1.82, 2.24) is 0 Å². The van der Waals surface area contributed by atoms with E-state index >= 15 is 0 Å². The topological polar surface area (TPSA) is 52.6 Å². The molecule has 4 heteroatoms. The Bertz CT molecular complexity index is 687. The Hall–Kier alpha value is -2.88. The second-order valence-corrected chi connectivity index (χ2v) is 4.84. The van der Waals surface area contributed by atoms with Gasteiger partial charge >= 0.3 is 11.9 Å². The molecule has 0 N–H and O–H groups in total. The fraction of sp³-hybridized carbons (Fsp3) is 0.158. The van der Waals surface area contributed by atoms with Gasteiger partial charge in [0.15, 0.2) is 0 Å². The third-order valence-electron chi connectivity index (χ3n) is 3.20. The van der Waals surface area contributed by atoms with E-state index < -0.39 is 5.97 Å². The fourth-order valence-electron chi connectivity index (χ4n) is 1.94.